The number of pyridine rings is 1. The number of fused-ring (bicyclic) bond motifs is 1. The highest BCUT2D eigenvalue weighted by atomic mass is 35.5. The summed E-state index contributed by atoms with van der Waals surface area (Å²) in [4.78, 5) is 20.5. The molecule has 2 heterocycles. The van der Waals surface area contributed by atoms with Gasteiger partial charge in [0.1, 0.15) is 22.9 Å². The van der Waals surface area contributed by atoms with Crippen LogP contribution < -0.4 is 9.46 Å². The molecule has 0 spiro atoms. The summed E-state index contributed by atoms with van der Waals surface area (Å²) in [6.07, 6.45) is 3.85. The molecule has 188 valence electrons. The molecular weight excluding hydrogens is 512 g/mol. The molecular formula is C25H22ClF2N3O4S. The highest BCUT2D eigenvalue weighted by Crippen LogP contribution is 2.34. The van der Waals surface area contributed by atoms with Crippen LogP contribution in [0.25, 0.3) is 22.2 Å². The van der Waals surface area contributed by atoms with E-state index in [9.17, 15) is 17.6 Å². The quantitative estimate of drug-likeness (QED) is 0.259. The van der Waals surface area contributed by atoms with Crippen molar-refractivity contribution < 1.29 is 26.7 Å². The fraction of sp³-hybridized carbons (Fsp3) is 0.200. The zero-order valence-corrected chi connectivity index (χ0v) is 20.9. The second kappa shape index (κ2) is 10.2. The van der Waals surface area contributed by atoms with Gasteiger partial charge in [-0.1, -0.05) is 24.9 Å². The van der Waals surface area contributed by atoms with Gasteiger partial charge < -0.3 is 9.72 Å². The van der Waals surface area contributed by atoms with Gasteiger partial charge >= 0.3 is 0 Å². The minimum atomic E-state index is -4.00. The van der Waals surface area contributed by atoms with E-state index in [1.165, 1.54) is 13.3 Å². The Hall–Kier alpha value is -3.50. The molecule has 0 saturated heterocycles. The first-order valence-electron chi connectivity index (χ1n) is 11.0. The zero-order valence-electron chi connectivity index (χ0n) is 19.4. The highest BCUT2D eigenvalue weighted by Gasteiger charge is 2.25. The Morgan fingerprint density at radius 3 is 2.64 bits per heavy atom. The topological polar surface area (TPSA) is 101 Å². The largest absolute Gasteiger partial charge is 0.497 e. The summed E-state index contributed by atoms with van der Waals surface area (Å²) in [5, 5.41) is 0.793. The number of methoxy groups -OCH3 is 1. The number of hydrogen-bond acceptors (Lipinski definition) is 5. The number of hydrogen-bond donors (Lipinski definition) is 2. The van der Waals surface area contributed by atoms with E-state index in [1.807, 2.05) is 4.72 Å². The summed E-state index contributed by atoms with van der Waals surface area (Å²) < 4.78 is 61.2. The van der Waals surface area contributed by atoms with E-state index in [1.54, 1.807) is 37.4 Å². The predicted molar refractivity (Wildman–Crippen MR) is 135 cm³/mol. The summed E-state index contributed by atoms with van der Waals surface area (Å²) in [6.45, 7) is 1.79. The van der Waals surface area contributed by atoms with Crippen molar-refractivity contribution in [3.63, 3.8) is 0 Å². The van der Waals surface area contributed by atoms with Crippen molar-refractivity contribution >= 4 is 44.1 Å². The summed E-state index contributed by atoms with van der Waals surface area (Å²) in [7, 11) is -2.48. The van der Waals surface area contributed by atoms with E-state index >= 15 is 4.39 Å². The number of aromatic amines is 1. The van der Waals surface area contributed by atoms with Gasteiger partial charge in [0, 0.05) is 34.5 Å². The lowest BCUT2D eigenvalue weighted by molar-refractivity contribution is 0.103. The molecule has 4 rings (SSSR count). The fourth-order valence-electron chi connectivity index (χ4n) is 3.70. The van der Waals surface area contributed by atoms with Gasteiger partial charge in [-0.25, -0.2) is 22.2 Å². The molecule has 0 aliphatic rings. The SMILES string of the molecule is CCCCS(=O)(=O)Nc1c(F)ccc(C(=O)c2c[nH]c3ncc(-c4ccc(OC)cc4Cl)cc23)c1F. The van der Waals surface area contributed by atoms with Gasteiger partial charge in [0.15, 0.2) is 11.6 Å². The number of nitrogens with zero attached hydrogens (tertiary/aromatic N) is 1. The van der Waals surface area contributed by atoms with Crippen LogP contribution in [0.3, 0.4) is 0 Å². The van der Waals surface area contributed by atoms with Crippen LogP contribution in [-0.4, -0.2) is 37.0 Å². The normalized spacial score (nSPS) is 11.6. The Balaban J connectivity index is 1.74. The van der Waals surface area contributed by atoms with Crippen LogP contribution in [0, 0.1) is 11.6 Å². The second-order valence-electron chi connectivity index (χ2n) is 8.06. The van der Waals surface area contributed by atoms with E-state index in [0.29, 0.717) is 45.8 Å². The average Bonchev–Trinajstić information content (AvgIpc) is 3.28. The molecule has 4 aromatic rings. The minimum absolute atomic E-state index is 0.0780. The Morgan fingerprint density at radius 1 is 1.17 bits per heavy atom. The summed E-state index contributed by atoms with van der Waals surface area (Å²) in [6, 6.07) is 8.62. The van der Waals surface area contributed by atoms with E-state index in [-0.39, 0.29) is 11.3 Å². The first kappa shape index (κ1) is 25.6. The number of ether oxygens (including phenoxy) is 1. The maximum Gasteiger partial charge on any atom is 0.232 e. The number of anilines is 1. The van der Waals surface area contributed by atoms with Gasteiger partial charge in [-0.3, -0.25) is 9.52 Å². The van der Waals surface area contributed by atoms with Crippen LogP contribution in [0.1, 0.15) is 35.7 Å². The molecule has 2 aromatic heterocycles. The lowest BCUT2D eigenvalue weighted by Crippen LogP contribution is -2.19. The van der Waals surface area contributed by atoms with Crippen LogP contribution in [0.5, 0.6) is 5.75 Å². The highest BCUT2D eigenvalue weighted by molar-refractivity contribution is 7.92. The first-order chi connectivity index (χ1) is 17.1. The van der Waals surface area contributed by atoms with E-state index < -0.39 is 38.7 Å². The van der Waals surface area contributed by atoms with Crippen molar-refractivity contribution in [1.82, 2.24) is 9.97 Å². The van der Waals surface area contributed by atoms with Crippen molar-refractivity contribution in [2.75, 3.05) is 17.6 Å². The molecule has 0 unspecified atom stereocenters. The summed E-state index contributed by atoms with van der Waals surface area (Å²) in [5.41, 5.74) is 0.319. The van der Waals surface area contributed by atoms with Gasteiger partial charge in [0.25, 0.3) is 0 Å². The van der Waals surface area contributed by atoms with Crippen molar-refractivity contribution in [1.29, 1.82) is 0 Å². The van der Waals surface area contributed by atoms with E-state index in [2.05, 4.69) is 9.97 Å². The molecule has 2 aromatic carbocycles. The lowest BCUT2D eigenvalue weighted by atomic mass is 10.00. The molecule has 0 aliphatic heterocycles. The third kappa shape index (κ3) is 5.05. The zero-order chi connectivity index (χ0) is 26.0. The molecule has 0 atom stereocenters. The number of carbonyl (C=O) groups is 1. The Morgan fingerprint density at radius 2 is 1.94 bits per heavy atom. The Bertz CT molecular complexity index is 1570. The lowest BCUT2D eigenvalue weighted by Gasteiger charge is -2.12. The maximum absolute atomic E-state index is 15.3. The second-order valence-corrected chi connectivity index (χ2v) is 10.3. The Labute approximate surface area is 211 Å². The molecule has 2 N–H and O–H groups in total. The molecule has 0 radical (unpaired) electrons. The van der Waals surface area contributed by atoms with Crippen molar-refractivity contribution in [2.24, 2.45) is 0 Å². The van der Waals surface area contributed by atoms with Crippen molar-refractivity contribution in [3.05, 3.63) is 76.6 Å². The number of nitrogens with one attached hydrogen (secondary N) is 2. The van der Waals surface area contributed by atoms with Crippen LogP contribution in [0.2, 0.25) is 5.02 Å². The molecule has 7 nitrogen and oxygen atoms in total. The van der Waals surface area contributed by atoms with Crippen LogP contribution in [-0.2, 0) is 10.0 Å². The number of aromatic nitrogens is 2. The number of halogens is 3. The average molecular weight is 534 g/mol. The van der Waals surface area contributed by atoms with Crippen LogP contribution in [0.15, 0.2) is 48.8 Å². The van der Waals surface area contributed by atoms with Crippen LogP contribution >= 0.6 is 11.6 Å². The van der Waals surface area contributed by atoms with Gasteiger partial charge in [-0.05, 0) is 42.8 Å². The summed E-state index contributed by atoms with van der Waals surface area (Å²) in [5.74, 6) is -2.92. The third-order valence-corrected chi connectivity index (χ3v) is 7.28. The number of carbonyl (C=O) groups excluding carboxylic acids is 1. The smallest absolute Gasteiger partial charge is 0.232 e. The molecule has 0 aliphatic carbocycles. The maximum atomic E-state index is 15.3. The van der Waals surface area contributed by atoms with Crippen molar-refractivity contribution in [3.8, 4) is 16.9 Å². The minimum Gasteiger partial charge on any atom is -0.497 e. The number of ketones is 1. The molecule has 11 heteroatoms. The number of sulfonamides is 1. The van der Waals surface area contributed by atoms with Gasteiger partial charge in [0.2, 0.25) is 10.0 Å². The molecule has 36 heavy (non-hydrogen) atoms. The molecule has 0 fully saturated rings. The molecule has 0 bridgehead atoms. The van der Waals surface area contributed by atoms with Gasteiger partial charge in [-0.15, -0.1) is 0 Å². The molecule has 0 saturated carbocycles. The van der Waals surface area contributed by atoms with E-state index in [4.69, 9.17) is 16.3 Å². The predicted octanol–water partition coefficient (Wildman–Crippen LogP) is 5.94. The van der Waals surface area contributed by atoms with Gasteiger partial charge in [-0.2, -0.15) is 0 Å². The monoisotopic (exact) mass is 533 g/mol. The number of rotatable bonds is 9. The van der Waals surface area contributed by atoms with Gasteiger partial charge in [0.05, 0.1) is 23.4 Å². The number of unbranched alkanes of at least 4 members (excludes halogenated alkanes) is 1. The number of benzene rings is 2. The fourth-order valence-corrected chi connectivity index (χ4v) is 5.25. The number of H-pyrrole nitrogens is 1. The Kier molecular flexibility index (Phi) is 7.28. The van der Waals surface area contributed by atoms with E-state index in [0.717, 1.165) is 12.1 Å². The standard InChI is InChI=1S/C25H22ClF2N3O4S/c1-3-4-9-36(33,34)31-23-21(27)8-7-17(22(23)28)24(32)19-13-30-25-18(19)10-14(12-29-25)16-6-5-15(35-2)11-20(16)26/h5-8,10-13,31H,3-4,9H2,1-2H3,(H,29,30). The summed E-state index contributed by atoms with van der Waals surface area (Å²) >= 11 is 6.38. The first-order valence-corrected chi connectivity index (χ1v) is 13.0. The van der Waals surface area contributed by atoms with Crippen molar-refractivity contribution in [2.45, 2.75) is 19.8 Å². The van der Waals surface area contributed by atoms with Crippen LogP contribution in [0.4, 0.5) is 14.5 Å². The molecule has 0 amide bonds. The third-order valence-electron chi connectivity index (χ3n) is 5.62.